The zero-order chi connectivity index (χ0) is 14.8. The maximum absolute atomic E-state index is 11.1. The third-order valence-corrected chi connectivity index (χ3v) is 2.64. The number of rotatable bonds is 9. The van der Waals surface area contributed by atoms with Crippen LogP contribution >= 0.6 is 0 Å². The van der Waals surface area contributed by atoms with E-state index in [0.717, 1.165) is 25.1 Å². The van der Waals surface area contributed by atoms with Crippen molar-refractivity contribution in [1.29, 1.82) is 0 Å². The molecule has 5 nitrogen and oxygen atoms in total. The van der Waals surface area contributed by atoms with Crippen LogP contribution in [0, 0.1) is 0 Å². The molecule has 20 heavy (non-hydrogen) atoms. The molecule has 0 atom stereocenters. The summed E-state index contributed by atoms with van der Waals surface area (Å²) >= 11 is 0. The fraction of sp³-hybridized carbons (Fsp3) is 0.533. The van der Waals surface area contributed by atoms with Gasteiger partial charge in [-0.25, -0.2) is 4.79 Å². The minimum Gasteiger partial charge on any atom is -0.490 e. The summed E-state index contributed by atoms with van der Waals surface area (Å²) in [5.41, 5.74) is 1.12. The van der Waals surface area contributed by atoms with Crippen LogP contribution in [0.5, 0.6) is 11.5 Å². The standard InChI is InChI=1S/C15H23NO4/c1-4-8-16-10-12-6-7-13(14(9-12)19-5-2)20-11-15(17)18-3/h6-7,9,16H,4-5,8,10-11H2,1-3H3. The van der Waals surface area contributed by atoms with E-state index in [1.54, 1.807) is 0 Å². The molecule has 0 amide bonds. The zero-order valence-corrected chi connectivity index (χ0v) is 12.4. The number of methoxy groups -OCH3 is 1. The summed E-state index contributed by atoms with van der Waals surface area (Å²) in [5.74, 6) is 0.782. The van der Waals surface area contributed by atoms with Crippen LogP contribution in [0.1, 0.15) is 25.8 Å². The van der Waals surface area contributed by atoms with E-state index >= 15 is 0 Å². The number of hydrogen-bond donors (Lipinski definition) is 1. The van der Waals surface area contributed by atoms with Crippen molar-refractivity contribution in [1.82, 2.24) is 5.32 Å². The molecule has 0 saturated carbocycles. The Morgan fingerprint density at radius 3 is 2.65 bits per heavy atom. The fourth-order valence-electron chi connectivity index (χ4n) is 1.66. The van der Waals surface area contributed by atoms with Gasteiger partial charge in [0.1, 0.15) is 0 Å². The van der Waals surface area contributed by atoms with Crippen molar-refractivity contribution in [2.24, 2.45) is 0 Å². The van der Waals surface area contributed by atoms with Crippen LogP contribution in [0.25, 0.3) is 0 Å². The highest BCUT2D eigenvalue weighted by Gasteiger charge is 2.09. The molecule has 0 radical (unpaired) electrons. The summed E-state index contributed by atoms with van der Waals surface area (Å²) in [6.07, 6.45) is 1.10. The van der Waals surface area contributed by atoms with Crippen molar-refractivity contribution in [3.05, 3.63) is 23.8 Å². The van der Waals surface area contributed by atoms with Crippen LogP contribution in [-0.2, 0) is 16.1 Å². The zero-order valence-electron chi connectivity index (χ0n) is 12.4. The van der Waals surface area contributed by atoms with E-state index in [0.29, 0.717) is 18.1 Å². The van der Waals surface area contributed by atoms with Crippen LogP contribution in [0.15, 0.2) is 18.2 Å². The van der Waals surface area contributed by atoms with E-state index in [1.807, 2.05) is 25.1 Å². The molecule has 0 fully saturated rings. The molecule has 1 rings (SSSR count). The van der Waals surface area contributed by atoms with Gasteiger partial charge in [-0.2, -0.15) is 0 Å². The summed E-state index contributed by atoms with van der Waals surface area (Å²) in [5, 5.41) is 3.33. The van der Waals surface area contributed by atoms with Crippen molar-refractivity contribution in [3.63, 3.8) is 0 Å². The SMILES string of the molecule is CCCNCc1ccc(OCC(=O)OC)c(OCC)c1. The monoisotopic (exact) mass is 281 g/mol. The molecule has 1 aromatic rings. The van der Waals surface area contributed by atoms with Crippen molar-refractivity contribution >= 4 is 5.97 Å². The van der Waals surface area contributed by atoms with Crippen LogP contribution in [0.3, 0.4) is 0 Å². The molecule has 0 saturated heterocycles. The highest BCUT2D eigenvalue weighted by molar-refractivity contribution is 5.71. The maximum Gasteiger partial charge on any atom is 0.343 e. The van der Waals surface area contributed by atoms with Crippen LogP contribution in [-0.4, -0.2) is 32.8 Å². The van der Waals surface area contributed by atoms with Gasteiger partial charge >= 0.3 is 5.97 Å². The number of hydrogen-bond acceptors (Lipinski definition) is 5. The average molecular weight is 281 g/mol. The average Bonchev–Trinajstić information content (AvgIpc) is 2.46. The lowest BCUT2D eigenvalue weighted by Crippen LogP contribution is -2.15. The number of carbonyl (C=O) groups is 1. The minimum atomic E-state index is -0.416. The summed E-state index contributed by atoms with van der Waals surface area (Å²) in [6.45, 7) is 6.22. The molecule has 0 spiro atoms. The van der Waals surface area contributed by atoms with E-state index in [2.05, 4.69) is 17.0 Å². The molecule has 0 aliphatic carbocycles. The number of carbonyl (C=O) groups excluding carboxylic acids is 1. The normalized spacial score (nSPS) is 10.2. The topological polar surface area (TPSA) is 56.8 Å². The van der Waals surface area contributed by atoms with Gasteiger partial charge in [0.05, 0.1) is 13.7 Å². The van der Waals surface area contributed by atoms with Gasteiger partial charge in [0.15, 0.2) is 18.1 Å². The lowest BCUT2D eigenvalue weighted by molar-refractivity contribution is -0.142. The first kappa shape index (κ1) is 16.3. The fourth-order valence-corrected chi connectivity index (χ4v) is 1.66. The van der Waals surface area contributed by atoms with Crippen molar-refractivity contribution in [3.8, 4) is 11.5 Å². The molecule has 0 unspecified atom stereocenters. The first-order chi connectivity index (χ1) is 9.71. The largest absolute Gasteiger partial charge is 0.490 e. The van der Waals surface area contributed by atoms with E-state index in [1.165, 1.54) is 7.11 Å². The van der Waals surface area contributed by atoms with E-state index in [-0.39, 0.29) is 6.61 Å². The minimum absolute atomic E-state index is 0.121. The van der Waals surface area contributed by atoms with E-state index in [4.69, 9.17) is 9.47 Å². The van der Waals surface area contributed by atoms with Gasteiger partial charge in [0, 0.05) is 6.54 Å². The number of nitrogens with one attached hydrogen (secondary N) is 1. The molecular formula is C15H23NO4. The summed E-state index contributed by atoms with van der Waals surface area (Å²) in [7, 11) is 1.33. The van der Waals surface area contributed by atoms with Crippen LogP contribution in [0.2, 0.25) is 0 Å². The predicted molar refractivity (Wildman–Crippen MR) is 77.1 cm³/mol. The van der Waals surface area contributed by atoms with Crippen molar-refractivity contribution in [2.45, 2.75) is 26.8 Å². The molecular weight excluding hydrogens is 258 g/mol. The first-order valence-electron chi connectivity index (χ1n) is 6.87. The van der Waals surface area contributed by atoms with Gasteiger partial charge in [-0.15, -0.1) is 0 Å². The Hall–Kier alpha value is -1.75. The Balaban J connectivity index is 2.70. The van der Waals surface area contributed by atoms with E-state index in [9.17, 15) is 4.79 Å². The Bertz CT molecular complexity index is 420. The van der Waals surface area contributed by atoms with Crippen molar-refractivity contribution < 1.29 is 19.0 Å². The molecule has 112 valence electrons. The lowest BCUT2D eigenvalue weighted by atomic mass is 10.2. The maximum atomic E-state index is 11.1. The summed E-state index contributed by atoms with van der Waals surface area (Å²) < 4.78 is 15.5. The number of ether oxygens (including phenoxy) is 3. The van der Waals surface area contributed by atoms with Crippen LogP contribution in [0.4, 0.5) is 0 Å². The smallest absolute Gasteiger partial charge is 0.343 e. The molecule has 0 bridgehead atoms. The lowest BCUT2D eigenvalue weighted by Gasteiger charge is -2.13. The third-order valence-electron chi connectivity index (χ3n) is 2.64. The molecule has 0 aliphatic heterocycles. The van der Waals surface area contributed by atoms with Gasteiger partial charge in [0.25, 0.3) is 0 Å². The van der Waals surface area contributed by atoms with Gasteiger partial charge in [0.2, 0.25) is 0 Å². The second-order valence-electron chi connectivity index (χ2n) is 4.26. The highest BCUT2D eigenvalue weighted by Crippen LogP contribution is 2.28. The molecule has 0 heterocycles. The van der Waals surface area contributed by atoms with Gasteiger partial charge in [-0.3, -0.25) is 0 Å². The number of benzene rings is 1. The molecule has 0 aliphatic rings. The Labute approximate surface area is 120 Å². The highest BCUT2D eigenvalue weighted by atomic mass is 16.6. The van der Waals surface area contributed by atoms with Crippen LogP contribution < -0.4 is 14.8 Å². The Morgan fingerprint density at radius 1 is 1.20 bits per heavy atom. The Morgan fingerprint density at radius 2 is 2.00 bits per heavy atom. The predicted octanol–water partition coefficient (Wildman–Crippen LogP) is 2.14. The molecule has 1 aromatic carbocycles. The Kier molecular flexibility index (Phi) is 7.50. The first-order valence-corrected chi connectivity index (χ1v) is 6.87. The second kappa shape index (κ2) is 9.20. The number of esters is 1. The molecule has 5 heteroatoms. The molecule has 1 N–H and O–H groups in total. The van der Waals surface area contributed by atoms with Gasteiger partial charge in [-0.1, -0.05) is 13.0 Å². The van der Waals surface area contributed by atoms with E-state index < -0.39 is 5.97 Å². The summed E-state index contributed by atoms with van der Waals surface area (Å²) in [4.78, 5) is 11.1. The second-order valence-corrected chi connectivity index (χ2v) is 4.26. The molecule has 0 aromatic heterocycles. The van der Waals surface area contributed by atoms with Gasteiger partial charge < -0.3 is 19.5 Å². The summed E-state index contributed by atoms with van der Waals surface area (Å²) in [6, 6.07) is 5.70. The quantitative estimate of drug-likeness (QED) is 0.555. The van der Waals surface area contributed by atoms with Gasteiger partial charge in [-0.05, 0) is 37.6 Å². The third kappa shape index (κ3) is 5.48. The van der Waals surface area contributed by atoms with Crippen molar-refractivity contribution in [2.75, 3.05) is 26.9 Å².